The van der Waals surface area contributed by atoms with Crippen molar-refractivity contribution in [2.75, 3.05) is 47.5 Å². The fraction of sp³-hybridized carbons (Fsp3) is 0.909. The Morgan fingerprint density at radius 1 is 0.395 bits per heavy atom. The van der Waals surface area contributed by atoms with E-state index < -0.39 is 26.5 Å². The summed E-state index contributed by atoms with van der Waals surface area (Å²) in [7, 11) is 1.18. The Morgan fingerprint density at radius 3 is 1.01 bits per heavy atom. The molecule has 9 nitrogen and oxygen atoms in total. The summed E-state index contributed by atoms with van der Waals surface area (Å²) in [6.07, 6.45) is 71.6. The molecule has 76 heavy (non-hydrogen) atoms. The summed E-state index contributed by atoms with van der Waals surface area (Å²) in [4.78, 5) is 37.7. The maximum absolute atomic E-state index is 12.8. The van der Waals surface area contributed by atoms with Gasteiger partial charge in [-0.15, -0.1) is 0 Å². The van der Waals surface area contributed by atoms with E-state index in [4.69, 9.17) is 18.5 Å². The smallest absolute Gasteiger partial charge is 0.306 e. The molecule has 0 aliphatic heterocycles. The monoisotopic (exact) mass is 1090 g/mol. The molecule has 2 atom stereocenters. The highest BCUT2D eigenvalue weighted by Crippen LogP contribution is 2.38. The molecule has 0 rings (SSSR count). The maximum atomic E-state index is 12.8. The van der Waals surface area contributed by atoms with Crippen LogP contribution in [0.3, 0.4) is 0 Å². The van der Waals surface area contributed by atoms with Crippen molar-refractivity contribution in [1.82, 2.24) is 0 Å². The normalized spacial score (nSPS) is 13.3. The van der Waals surface area contributed by atoms with E-state index >= 15 is 0 Å². The molecule has 0 fully saturated rings. The van der Waals surface area contributed by atoms with Gasteiger partial charge in [-0.2, -0.15) is 0 Å². The molecule has 2 unspecified atom stereocenters. The Morgan fingerprint density at radius 2 is 0.684 bits per heavy atom. The first-order valence-corrected chi connectivity index (χ1v) is 34.5. The van der Waals surface area contributed by atoms with Crippen molar-refractivity contribution < 1.29 is 42.1 Å². The molecule has 0 saturated heterocycles. The summed E-state index contributed by atoms with van der Waals surface area (Å²) in [6.45, 7) is 4.23. The molecule has 0 aromatic heterocycles. The fourth-order valence-electron chi connectivity index (χ4n) is 9.81. The number of carbonyl (C=O) groups is 2. The quantitative estimate of drug-likeness (QED) is 0.0195. The number of unbranched alkanes of at least 4 members (excludes halogenated alkanes) is 44. The lowest BCUT2D eigenvalue weighted by atomic mass is 10.0. The highest BCUT2D eigenvalue weighted by molar-refractivity contribution is 7.45. The van der Waals surface area contributed by atoms with Crippen LogP contribution in [0, 0.1) is 0 Å². The van der Waals surface area contributed by atoms with Crippen LogP contribution >= 0.6 is 7.82 Å². The number of nitrogens with zero attached hydrogens (tertiary/aromatic N) is 1. The molecule has 450 valence electrons. The Hall–Kier alpha value is -1.51. The third-order valence-corrected chi connectivity index (χ3v) is 15.9. The average molecular weight is 1090 g/mol. The number of quaternary nitrogens is 1. The minimum atomic E-state index is -4.63. The molecule has 0 radical (unpaired) electrons. The van der Waals surface area contributed by atoms with Crippen LogP contribution in [0.4, 0.5) is 0 Å². The first-order chi connectivity index (χ1) is 37.0. The molecular weight excluding hydrogens is 966 g/mol. The number of phosphoric ester groups is 1. The zero-order chi connectivity index (χ0) is 55.6. The van der Waals surface area contributed by atoms with Crippen molar-refractivity contribution >= 4 is 19.8 Å². The summed E-state index contributed by atoms with van der Waals surface area (Å²) in [5, 5.41) is 0. The number of rotatable bonds is 62. The second kappa shape index (κ2) is 58.2. The molecule has 0 saturated carbocycles. The van der Waals surface area contributed by atoms with E-state index in [9.17, 15) is 19.0 Å². The van der Waals surface area contributed by atoms with Gasteiger partial charge in [0.25, 0.3) is 7.82 Å². The Bertz CT molecular complexity index is 1330. The number of esters is 2. The first-order valence-electron chi connectivity index (χ1n) is 33.0. The van der Waals surface area contributed by atoms with Gasteiger partial charge in [0, 0.05) is 12.8 Å². The van der Waals surface area contributed by atoms with Crippen molar-refractivity contribution in [1.29, 1.82) is 0 Å². The maximum Gasteiger partial charge on any atom is 0.306 e. The average Bonchev–Trinajstić information content (AvgIpc) is 3.38. The Labute approximate surface area is 472 Å². The van der Waals surface area contributed by atoms with Crippen LogP contribution in [0.1, 0.15) is 335 Å². The molecule has 0 heterocycles. The van der Waals surface area contributed by atoms with Crippen LogP contribution in [-0.4, -0.2) is 70.0 Å². The molecule has 0 aliphatic carbocycles. The number of likely N-dealkylation sites (N-methyl/N-ethyl adjacent to an activating group) is 1. The van der Waals surface area contributed by atoms with Crippen molar-refractivity contribution in [2.45, 2.75) is 341 Å². The van der Waals surface area contributed by atoms with Gasteiger partial charge in [0.1, 0.15) is 19.8 Å². The van der Waals surface area contributed by atoms with E-state index in [0.29, 0.717) is 17.4 Å². The van der Waals surface area contributed by atoms with Gasteiger partial charge in [-0.05, 0) is 57.8 Å². The van der Waals surface area contributed by atoms with Crippen molar-refractivity contribution in [3.63, 3.8) is 0 Å². The summed E-state index contributed by atoms with van der Waals surface area (Å²) in [6, 6.07) is 0. The molecule has 0 aromatic rings. The minimum absolute atomic E-state index is 0.0292. The Balaban J connectivity index is 3.78. The molecule has 0 bridgehead atoms. The molecule has 0 aromatic carbocycles. The second-order valence-electron chi connectivity index (χ2n) is 23.8. The topological polar surface area (TPSA) is 111 Å². The van der Waals surface area contributed by atoms with E-state index in [-0.39, 0.29) is 32.0 Å². The van der Waals surface area contributed by atoms with E-state index in [1.165, 1.54) is 244 Å². The van der Waals surface area contributed by atoms with Crippen LogP contribution in [0.5, 0.6) is 0 Å². The summed E-state index contributed by atoms with van der Waals surface area (Å²) in [5.74, 6) is -0.830. The molecule has 0 N–H and O–H groups in total. The molecule has 0 aliphatic rings. The summed E-state index contributed by atoms with van der Waals surface area (Å²) >= 11 is 0. The molecular formula is C66H128NO8P. The number of allylic oxidation sites excluding steroid dienone is 4. The van der Waals surface area contributed by atoms with E-state index in [0.717, 1.165) is 57.8 Å². The summed E-state index contributed by atoms with van der Waals surface area (Å²) in [5.41, 5.74) is 0. The number of hydrogen-bond donors (Lipinski definition) is 0. The number of carbonyl (C=O) groups excluding carboxylic acids is 2. The van der Waals surface area contributed by atoms with E-state index in [1.807, 2.05) is 21.1 Å². The molecule has 0 spiro atoms. The zero-order valence-corrected chi connectivity index (χ0v) is 52.1. The van der Waals surface area contributed by atoms with E-state index in [1.54, 1.807) is 0 Å². The van der Waals surface area contributed by atoms with Gasteiger partial charge in [-0.1, -0.05) is 289 Å². The largest absolute Gasteiger partial charge is 0.756 e. The van der Waals surface area contributed by atoms with Gasteiger partial charge in [0.05, 0.1) is 27.7 Å². The van der Waals surface area contributed by atoms with Gasteiger partial charge in [0.2, 0.25) is 0 Å². The van der Waals surface area contributed by atoms with E-state index in [2.05, 4.69) is 38.2 Å². The number of ether oxygens (including phenoxy) is 2. The van der Waals surface area contributed by atoms with Gasteiger partial charge < -0.3 is 27.9 Å². The lowest BCUT2D eigenvalue weighted by Gasteiger charge is -2.28. The highest BCUT2D eigenvalue weighted by Gasteiger charge is 2.22. The number of phosphoric acid groups is 1. The highest BCUT2D eigenvalue weighted by atomic mass is 31.2. The van der Waals surface area contributed by atoms with Gasteiger partial charge in [0.15, 0.2) is 6.10 Å². The fourth-order valence-corrected chi connectivity index (χ4v) is 10.5. The van der Waals surface area contributed by atoms with Crippen molar-refractivity contribution in [3.8, 4) is 0 Å². The van der Waals surface area contributed by atoms with Gasteiger partial charge in [-0.3, -0.25) is 14.2 Å². The summed E-state index contributed by atoms with van der Waals surface area (Å²) < 4.78 is 34.1. The minimum Gasteiger partial charge on any atom is -0.756 e. The first kappa shape index (κ1) is 74.5. The van der Waals surface area contributed by atoms with Crippen LogP contribution in [0.15, 0.2) is 24.3 Å². The SMILES string of the molecule is CCCC/C=C\CCCCCCCC(=O)OCC(COP(=O)([O-])OCC[N+](C)(C)C)OC(=O)CCCCCCCCCCCCCCCCCCCCCCCCCCCCCCC/C=C\CCCCCCCCCC. The Kier molecular flexibility index (Phi) is 57.0. The lowest BCUT2D eigenvalue weighted by molar-refractivity contribution is -0.870. The lowest BCUT2D eigenvalue weighted by Crippen LogP contribution is -2.37. The van der Waals surface area contributed by atoms with Crippen molar-refractivity contribution in [2.24, 2.45) is 0 Å². The molecule has 0 amide bonds. The number of hydrogen-bond acceptors (Lipinski definition) is 8. The standard InChI is InChI=1S/C66H128NO8P/c1-6-8-10-12-14-16-18-19-20-21-22-23-24-25-26-27-28-29-30-31-32-33-34-35-36-37-38-39-40-41-42-43-44-45-46-47-49-51-53-55-57-59-66(69)75-64(63-74-76(70,71)73-61-60-67(3,4)5)62-72-65(68)58-56-54-52-50-48-17-15-13-11-9-7-2/h13,15,21-22,64H,6-12,14,16-20,23-63H2,1-5H3/b15-13-,22-21-. The van der Waals surface area contributed by atoms with Gasteiger partial charge >= 0.3 is 11.9 Å². The predicted octanol–water partition coefficient (Wildman–Crippen LogP) is 20.3. The van der Waals surface area contributed by atoms with Crippen LogP contribution in [-0.2, 0) is 32.7 Å². The molecule has 10 heteroatoms. The second-order valence-corrected chi connectivity index (χ2v) is 25.2. The van der Waals surface area contributed by atoms with Crippen LogP contribution < -0.4 is 4.89 Å². The van der Waals surface area contributed by atoms with Gasteiger partial charge in [-0.25, -0.2) is 0 Å². The van der Waals surface area contributed by atoms with Crippen molar-refractivity contribution in [3.05, 3.63) is 24.3 Å². The van der Waals surface area contributed by atoms with Crippen LogP contribution in [0.25, 0.3) is 0 Å². The predicted molar refractivity (Wildman–Crippen MR) is 324 cm³/mol. The van der Waals surface area contributed by atoms with Crippen LogP contribution in [0.2, 0.25) is 0 Å². The third-order valence-electron chi connectivity index (χ3n) is 14.9. The zero-order valence-electron chi connectivity index (χ0n) is 51.2. The third kappa shape index (κ3) is 61.7.